The van der Waals surface area contributed by atoms with Crippen LogP contribution < -0.4 is 5.32 Å². The molecule has 4 aromatic rings. The summed E-state index contributed by atoms with van der Waals surface area (Å²) >= 11 is 0. The van der Waals surface area contributed by atoms with Crippen molar-refractivity contribution in [3.8, 4) is 0 Å². The zero-order valence-electron chi connectivity index (χ0n) is 13.6. The van der Waals surface area contributed by atoms with Crippen molar-refractivity contribution in [1.82, 2.24) is 14.9 Å². The van der Waals surface area contributed by atoms with Gasteiger partial charge in [-0.3, -0.25) is 4.79 Å². The van der Waals surface area contributed by atoms with E-state index in [0.29, 0.717) is 18.5 Å². The highest BCUT2D eigenvalue weighted by atomic mass is 19.1. The number of para-hydroxylation sites is 1. The number of nitrogens with one attached hydrogen (secondary N) is 1. The molecular formula is C19H16FN3O2. The highest BCUT2D eigenvalue weighted by Crippen LogP contribution is 2.19. The van der Waals surface area contributed by atoms with Crippen LogP contribution in [0.3, 0.4) is 0 Å². The average molecular weight is 337 g/mol. The van der Waals surface area contributed by atoms with E-state index >= 15 is 0 Å². The molecule has 0 spiro atoms. The van der Waals surface area contributed by atoms with Gasteiger partial charge in [0, 0.05) is 25.4 Å². The average Bonchev–Trinajstić information content (AvgIpc) is 3.17. The maximum Gasteiger partial charge on any atom is 0.287 e. The van der Waals surface area contributed by atoms with E-state index in [0.717, 1.165) is 22.2 Å². The van der Waals surface area contributed by atoms with Gasteiger partial charge >= 0.3 is 0 Å². The number of amides is 1. The lowest BCUT2D eigenvalue weighted by molar-refractivity contribution is 0.0928. The molecule has 0 unspecified atom stereocenters. The molecule has 0 atom stereocenters. The summed E-state index contributed by atoms with van der Waals surface area (Å²) in [7, 11) is 1.84. The fraction of sp³-hybridized carbons (Fsp3) is 0.158. The van der Waals surface area contributed by atoms with Crippen molar-refractivity contribution in [3.63, 3.8) is 0 Å². The van der Waals surface area contributed by atoms with Gasteiger partial charge < -0.3 is 14.3 Å². The van der Waals surface area contributed by atoms with Crippen molar-refractivity contribution in [1.29, 1.82) is 0 Å². The summed E-state index contributed by atoms with van der Waals surface area (Å²) in [5, 5.41) is 3.72. The minimum atomic E-state index is -0.291. The molecule has 0 aliphatic rings. The monoisotopic (exact) mass is 337 g/mol. The molecule has 2 heterocycles. The maximum atomic E-state index is 13.4. The third-order valence-electron chi connectivity index (χ3n) is 4.22. The number of fused-ring (bicyclic) bond motifs is 2. The smallest absolute Gasteiger partial charge is 0.287 e. The fourth-order valence-corrected chi connectivity index (χ4v) is 2.91. The summed E-state index contributed by atoms with van der Waals surface area (Å²) in [6.07, 6.45) is 0.540. The van der Waals surface area contributed by atoms with E-state index in [2.05, 4.69) is 10.3 Å². The molecule has 126 valence electrons. The van der Waals surface area contributed by atoms with Crippen LogP contribution in [0.4, 0.5) is 4.39 Å². The minimum absolute atomic E-state index is 0.263. The summed E-state index contributed by atoms with van der Waals surface area (Å²) in [5.41, 5.74) is 2.16. The van der Waals surface area contributed by atoms with Crippen LogP contribution in [0.2, 0.25) is 0 Å². The summed E-state index contributed by atoms with van der Waals surface area (Å²) in [6.45, 7) is 0.412. The molecule has 2 aromatic carbocycles. The maximum absolute atomic E-state index is 13.4. The van der Waals surface area contributed by atoms with Crippen molar-refractivity contribution in [3.05, 3.63) is 65.9 Å². The molecule has 0 saturated heterocycles. The van der Waals surface area contributed by atoms with Crippen LogP contribution in [0.1, 0.15) is 16.4 Å². The van der Waals surface area contributed by atoms with Crippen molar-refractivity contribution >= 4 is 27.9 Å². The Labute approximate surface area is 143 Å². The number of hydrogen-bond acceptors (Lipinski definition) is 3. The number of benzene rings is 2. The van der Waals surface area contributed by atoms with Crippen LogP contribution >= 0.6 is 0 Å². The summed E-state index contributed by atoms with van der Waals surface area (Å²) in [6, 6.07) is 13.7. The molecule has 0 aliphatic carbocycles. The molecule has 2 aromatic heterocycles. The summed E-state index contributed by atoms with van der Waals surface area (Å²) < 4.78 is 20.7. The third-order valence-corrected chi connectivity index (χ3v) is 4.22. The van der Waals surface area contributed by atoms with Crippen LogP contribution in [0.25, 0.3) is 22.0 Å². The number of carbonyl (C=O) groups excluding carboxylic acids is 1. The zero-order valence-corrected chi connectivity index (χ0v) is 13.6. The molecule has 1 N–H and O–H groups in total. The number of hydrogen-bond donors (Lipinski definition) is 1. The number of aryl methyl sites for hydroxylation is 1. The fourth-order valence-electron chi connectivity index (χ4n) is 2.91. The summed E-state index contributed by atoms with van der Waals surface area (Å²) in [5.74, 6) is 0.514. The first-order chi connectivity index (χ1) is 12.1. The first-order valence-corrected chi connectivity index (χ1v) is 7.99. The Morgan fingerprint density at radius 2 is 2.08 bits per heavy atom. The SMILES string of the molecule is Cn1c(CCNC(=O)c2cc3ccccc3o2)nc2ccc(F)cc21. The number of imidazole rings is 1. The molecule has 4 rings (SSSR count). The molecule has 0 bridgehead atoms. The molecule has 6 heteroatoms. The minimum Gasteiger partial charge on any atom is -0.451 e. The first-order valence-electron chi connectivity index (χ1n) is 7.99. The van der Waals surface area contributed by atoms with Gasteiger partial charge in [0.15, 0.2) is 5.76 Å². The normalized spacial score (nSPS) is 11.3. The highest BCUT2D eigenvalue weighted by Gasteiger charge is 2.13. The molecule has 25 heavy (non-hydrogen) atoms. The van der Waals surface area contributed by atoms with Crippen LogP contribution in [0.15, 0.2) is 52.9 Å². The third kappa shape index (κ3) is 2.87. The second kappa shape index (κ2) is 6.05. The van der Waals surface area contributed by atoms with Crippen molar-refractivity contribution < 1.29 is 13.6 Å². The predicted octanol–water partition coefficient (Wildman–Crippen LogP) is 3.43. The second-order valence-electron chi connectivity index (χ2n) is 5.87. The lowest BCUT2D eigenvalue weighted by Gasteiger charge is -2.04. The van der Waals surface area contributed by atoms with Gasteiger partial charge in [0.25, 0.3) is 5.91 Å². The molecule has 1 amide bonds. The van der Waals surface area contributed by atoms with Gasteiger partial charge in [-0.25, -0.2) is 9.37 Å². The van der Waals surface area contributed by atoms with Crippen LogP contribution in [-0.4, -0.2) is 22.0 Å². The van der Waals surface area contributed by atoms with Gasteiger partial charge in [-0.15, -0.1) is 0 Å². The molecule has 0 aliphatic heterocycles. The summed E-state index contributed by atoms with van der Waals surface area (Å²) in [4.78, 5) is 16.7. The van der Waals surface area contributed by atoms with Gasteiger partial charge in [0.1, 0.15) is 17.2 Å². The quantitative estimate of drug-likeness (QED) is 0.621. The van der Waals surface area contributed by atoms with Crippen LogP contribution in [0.5, 0.6) is 0 Å². The second-order valence-corrected chi connectivity index (χ2v) is 5.87. The number of aromatic nitrogens is 2. The molecule has 0 saturated carbocycles. The number of carbonyl (C=O) groups is 1. The highest BCUT2D eigenvalue weighted by molar-refractivity contribution is 5.96. The number of furan rings is 1. The molecule has 0 fully saturated rings. The topological polar surface area (TPSA) is 60.1 Å². The Bertz CT molecular complexity index is 1050. The number of nitrogens with zero attached hydrogens (tertiary/aromatic N) is 2. The lowest BCUT2D eigenvalue weighted by atomic mass is 10.2. The predicted molar refractivity (Wildman–Crippen MR) is 92.9 cm³/mol. The van der Waals surface area contributed by atoms with E-state index in [9.17, 15) is 9.18 Å². The molecule has 0 radical (unpaired) electrons. The Morgan fingerprint density at radius 1 is 1.24 bits per heavy atom. The van der Waals surface area contributed by atoms with E-state index in [-0.39, 0.29) is 17.5 Å². The van der Waals surface area contributed by atoms with Crippen LogP contribution in [-0.2, 0) is 13.5 Å². The van der Waals surface area contributed by atoms with Gasteiger partial charge in [-0.2, -0.15) is 0 Å². The largest absolute Gasteiger partial charge is 0.451 e. The lowest BCUT2D eigenvalue weighted by Crippen LogP contribution is -2.25. The van der Waals surface area contributed by atoms with Gasteiger partial charge in [-0.1, -0.05) is 18.2 Å². The molecule has 5 nitrogen and oxygen atoms in total. The number of halogens is 1. The van der Waals surface area contributed by atoms with Crippen LogP contribution in [0, 0.1) is 5.82 Å². The Balaban J connectivity index is 1.45. The first kappa shape index (κ1) is 15.4. The van der Waals surface area contributed by atoms with Gasteiger partial charge in [-0.05, 0) is 30.3 Å². The van der Waals surface area contributed by atoms with Gasteiger partial charge in [0.2, 0.25) is 0 Å². The van der Waals surface area contributed by atoms with Gasteiger partial charge in [0.05, 0.1) is 11.0 Å². The van der Waals surface area contributed by atoms with E-state index in [4.69, 9.17) is 4.42 Å². The zero-order chi connectivity index (χ0) is 17.4. The molecular weight excluding hydrogens is 321 g/mol. The Hall–Kier alpha value is -3.15. The van der Waals surface area contributed by atoms with E-state index < -0.39 is 0 Å². The standard InChI is InChI=1S/C19H16FN3O2/c1-23-15-11-13(20)6-7-14(15)22-18(23)8-9-21-19(24)17-10-12-4-2-3-5-16(12)25-17/h2-7,10-11H,8-9H2,1H3,(H,21,24). The van der Waals surface area contributed by atoms with Crippen molar-refractivity contribution in [2.24, 2.45) is 7.05 Å². The van der Waals surface area contributed by atoms with E-state index in [1.807, 2.05) is 35.9 Å². The Morgan fingerprint density at radius 3 is 2.92 bits per heavy atom. The van der Waals surface area contributed by atoms with E-state index in [1.165, 1.54) is 12.1 Å². The Kier molecular flexibility index (Phi) is 3.72. The van der Waals surface area contributed by atoms with Crippen molar-refractivity contribution in [2.45, 2.75) is 6.42 Å². The van der Waals surface area contributed by atoms with E-state index in [1.54, 1.807) is 12.1 Å². The number of rotatable bonds is 4. The van der Waals surface area contributed by atoms with Crippen molar-refractivity contribution in [2.75, 3.05) is 6.54 Å².